The minimum atomic E-state index is -5.00. The summed E-state index contributed by atoms with van der Waals surface area (Å²) in [6.45, 7) is 0. The SMILES string of the molecule is COc1cc(Cl)cc(C(=O)C(F)(F)F)c1OC. The Kier molecular flexibility index (Phi) is 3.87. The van der Waals surface area contributed by atoms with E-state index in [9.17, 15) is 18.0 Å². The van der Waals surface area contributed by atoms with Crippen LogP contribution in [0.15, 0.2) is 12.1 Å². The number of hydrogen-bond donors (Lipinski definition) is 0. The van der Waals surface area contributed by atoms with E-state index in [0.717, 1.165) is 13.2 Å². The number of rotatable bonds is 3. The van der Waals surface area contributed by atoms with Crippen molar-refractivity contribution < 1.29 is 27.4 Å². The molecule has 94 valence electrons. The van der Waals surface area contributed by atoms with Crippen LogP contribution in [0.5, 0.6) is 11.5 Å². The molecule has 0 aliphatic heterocycles. The van der Waals surface area contributed by atoms with Crippen molar-refractivity contribution in [2.24, 2.45) is 0 Å². The molecule has 0 aliphatic carbocycles. The Morgan fingerprint density at radius 3 is 2.24 bits per heavy atom. The van der Waals surface area contributed by atoms with Crippen LogP contribution in [-0.2, 0) is 0 Å². The van der Waals surface area contributed by atoms with Gasteiger partial charge in [0.2, 0.25) is 0 Å². The lowest BCUT2D eigenvalue weighted by atomic mass is 10.1. The van der Waals surface area contributed by atoms with E-state index < -0.39 is 17.5 Å². The minimum Gasteiger partial charge on any atom is -0.493 e. The highest BCUT2D eigenvalue weighted by Gasteiger charge is 2.41. The molecule has 0 fully saturated rings. The molecule has 0 N–H and O–H groups in total. The third-order valence-corrected chi connectivity index (χ3v) is 2.16. The van der Waals surface area contributed by atoms with Crippen LogP contribution < -0.4 is 9.47 Å². The van der Waals surface area contributed by atoms with E-state index in [4.69, 9.17) is 21.1 Å². The molecule has 0 spiro atoms. The Morgan fingerprint density at radius 1 is 1.24 bits per heavy atom. The zero-order valence-corrected chi connectivity index (χ0v) is 9.65. The zero-order chi connectivity index (χ0) is 13.2. The highest BCUT2D eigenvalue weighted by molar-refractivity contribution is 6.31. The second-order valence-corrected chi connectivity index (χ2v) is 3.45. The molecule has 0 aromatic heterocycles. The molecule has 1 rings (SSSR count). The van der Waals surface area contributed by atoms with Gasteiger partial charge in [-0.2, -0.15) is 13.2 Å². The van der Waals surface area contributed by atoms with Crippen molar-refractivity contribution in [3.05, 3.63) is 22.7 Å². The molecule has 0 heterocycles. The number of benzene rings is 1. The second kappa shape index (κ2) is 4.83. The normalized spacial score (nSPS) is 11.2. The first-order valence-corrected chi connectivity index (χ1v) is 4.72. The summed E-state index contributed by atoms with van der Waals surface area (Å²) in [6.07, 6.45) is -5.00. The van der Waals surface area contributed by atoms with E-state index in [1.54, 1.807) is 0 Å². The van der Waals surface area contributed by atoms with Crippen LogP contribution in [0.1, 0.15) is 10.4 Å². The van der Waals surface area contributed by atoms with Crippen LogP contribution >= 0.6 is 11.6 Å². The number of halogens is 4. The molecule has 0 radical (unpaired) electrons. The van der Waals surface area contributed by atoms with Gasteiger partial charge in [0.25, 0.3) is 5.78 Å². The average molecular weight is 269 g/mol. The van der Waals surface area contributed by atoms with Crippen LogP contribution in [0.4, 0.5) is 13.2 Å². The van der Waals surface area contributed by atoms with Gasteiger partial charge >= 0.3 is 6.18 Å². The first kappa shape index (κ1) is 13.6. The van der Waals surface area contributed by atoms with Gasteiger partial charge in [-0.05, 0) is 6.07 Å². The molecule has 7 heteroatoms. The number of hydrogen-bond acceptors (Lipinski definition) is 3. The third-order valence-electron chi connectivity index (χ3n) is 1.95. The van der Waals surface area contributed by atoms with E-state index >= 15 is 0 Å². The Bertz CT molecular complexity index is 443. The third kappa shape index (κ3) is 2.82. The topological polar surface area (TPSA) is 35.5 Å². The number of carbonyl (C=O) groups excluding carboxylic acids is 1. The molecule has 3 nitrogen and oxygen atoms in total. The minimum absolute atomic E-state index is 0.0346. The van der Waals surface area contributed by atoms with Crippen molar-refractivity contribution >= 4 is 17.4 Å². The van der Waals surface area contributed by atoms with Crippen molar-refractivity contribution in [3.8, 4) is 11.5 Å². The van der Waals surface area contributed by atoms with E-state index in [-0.39, 0.29) is 16.5 Å². The fraction of sp³-hybridized carbons (Fsp3) is 0.300. The molecule has 0 aliphatic rings. The fourth-order valence-corrected chi connectivity index (χ4v) is 1.46. The number of carbonyl (C=O) groups is 1. The van der Waals surface area contributed by atoms with E-state index in [0.29, 0.717) is 0 Å². The van der Waals surface area contributed by atoms with E-state index in [2.05, 4.69) is 0 Å². The predicted molar refractivity (Wildman–Crippen MR) is 54.9 cm³/mol. The zero-order valence-electron chi connectivity index (χ0n) is 8.89. The lowest BCUT2D eigenvalue weighted by molar-refractivity contribution is -0.0886. The standard InChI is InChI=1S/C10H8ClF3O3/c1-16-7-4-5(11)3-6(8(7)17-2)9(15)10(12,13)14/h3-4H,1-2H3. The molecular weight excluding hydrogens is 261 g/mol. The summed E-state index contributed by atoms with van der Waals surface area (Å²) in [5.74, 6) is -2.36. The number of alkyl halides is 3. The van der Waals surface area contributed by atoms with Crippen LogP contribution in [0.2, 0.25) is 5.02 Å². The summed E-state index contributed by atoms with van der Waals surface area (Å²) in [7, 11) is 2.37. The molecule has 0 saturated heterocycles. The number of ether oxygens (including phenoxy) is 2. The Balaban J connectivity index is 3.42. The maximum atomic E-state index is 12.3. The molecule has 0 saturated carbocycles. The van der Waals surface area contributed by atoms with Crippen LogP contribution in [0.3, 0.4) is 0 Å². The average Bonchev–Trinajstić information content (AvgIpc) is 2.25. The fourth-order valence-electron chi connectivity index (χ4n) is 1.25. The summed E-state index contributed by atoms with van der Waals surface area (Å²) in [5, 5.41) is -0.0461. The highest BCUT2D eigenvalue weighted by atomic mass is 35.5. The summed E-state index contributed by atoms with van der Waals surface area (Å²) in [4.78, 5) is 11.1. The van der Waals surface area contributed by atoms with Crippen molar-refractivity contribution in [2.45, 2.75) is 6.18 Å². The maximum Gasteiger partial charge on any atom is 0.455 e. The number of ketones is 1. The Morgan fingerprint density at radius 2 is 1.82 bits per heavy atom. The van der Waals surface area contributed by atoms with E-state index in [1.807, 2.05) is 0 Å². The Labute approximate surface area is 100 Å². The van der Waals surface area contributed by atoms with Crippen molar-refractivity contribution in [2.75, 3.05) is 14.2 Å². The van der Waals surface area contributed by atoms with Gasteiger partial charge in [-0.1, -0.05) is 11.6 Å². The second-order valence-electron chi connectivity index (χ2n) is 3.02. The molecular formula is C10H8ClF3O3. The predicted octanol–water partition coefficient (Wildman–Crippen LogP) is 3.10. The van der Waals surface area contributed by atoms with Crippen molar-refractivity contribution in [3.63, 3.8) is 0 Å². The maximum absolute atomic E-state index is 12.3. The summed E-state index contributed by atoms with van der Waals surface area (Å²) in [5.41, 5.74) is -0.677. The molecule has 1 aromatic carbocycles. The summed E-state index contributed by atoms with van der Waals surface area (Å²) >= 11 is 5.60. The van der Waals surface area contributed by atoms with Gasteiger partial charge < -0.3 is 9.47 Å². The van der Waals surface area contributed by atoms with Crippen LogP contribution in [-0.4, -0.2) is 26.2 Å². The Hall–Kier alpha value is -1.43. The molecule has 0 atom stereocenters. The van der Waals surface area contributed by atoms with Crippen molar-refractivity contribution in [1.82, 2.24) is 0 Å². The van der Waals surface area contributed by atoms with Gasteiger partial charge in [0.15, 0.2) is 11.5 Å². The lowest BCUT2D eigenvalue weighted by Crippen LogP contribution is -2.23. The molecule has 0 unspecified atom stereocenters. The van der Waals surface area contributed by atoms with Gasteiger partial charge in [-0.15, -0.1) is 0 Å². The van der Waals surface area contributed by atoms with Gasteiger partial charge in [0.1, 0.15) is 0 Å². The van der Waals surface area contributed by atoms with Gasteiger partial charge in [0.05, 0.1) is 19.8 Å². The number of methoxy groups -OCH3 is 2. The van der Waals surface area contributed by atoms with Gasteiger partial charge in [0, 0.05) is 11.1 Å². The van der Waals surface area contributed by atoms with Crippen LogP contribution in [0, 0.1) is 0 Å². The summed E-state index contributed by atoms with van der Waals surface area (Å²) in [6, 6.07) is 2.15. The lowest BCUT2D eigenvalue weighted by Gasteiger charge is -2.13. The highest BCUT2D eigenvalue weighted by Crippen LogP contribution is 2.37. The monoisotopic (exact) mass is 268 g/mol. The largest absolute Gasteiger partial charge is 0.493 e. The smallest absolute Gasteiger partial charge is 0.455 e. The molecule has 0 bridgehead atoms. The van der Waals surface area contributed by atoms with E-state index in [1.165, 1.54) is 13.2 Å². The first-order valence-electron chi connectivity index (χ1n) is 4.34. The van der Waals surface area contributed by atoms with Crippen molar-refractivity contribution in [1.29, 1.82) is 0 Å². The molecule has 1 aromatic rings. The van der Waals surface area contributed by atoms with Crippen LogP contribution in [0.25, 0.3) is 0 Å². The van der Waals surface area contributed by atoms with Gasteiger partial charge in [-0.3, -0.25) is 4.79 Å². The quantitative estimate of drug-likeness (QED) is 0.790. The molecule has 17 heavy (non-hydrogen) atoms. The number of Topliss-reactive ketones (excluding diaryl/α,β-unsaturated/α-hetero) is 1. The molecule has 0 amide bonds. The first-order chi connectivity index (χ1) is 7.81. The summed E-state index contributed by atoms with van der Waals surface area (Å²) < 4.78 is 46.5. The van der Waals surface area contributed by atoms with Gasteiger partial charge in [-0.25, -0.2) is 0 Å².